The van der Waals surface area contributed by atoms with E-state index in [0.29, 0.717) is 18.9 Å². The highest BCUT2D eigenvalue weighted by molar-refractivity contribution is 7.89. The summed E-state index contributed by atoms with van der Waals surface area (Å²) in [6, 6.07) is 9.03. The van der Waals surface area contributed by atoms with Gasteiger partial charge in [-0.25, -0.2) is 17.9 Å². The molecule has 0 amide bonds. The van der Waals surface area contributed by atoms with Gasteiger partial charge >= 0.3 is 12.1 Å². The van der Waals surface area contributed by atoms with Gasteiger partial charge in [-0.05, 0) is 60.5 Å². The minimum absolute atomic E-state index is 0.133. The molecule has 12 heteroatoms. The van der Waals surface area contributed by atoms with Crippen LogP contribution in [-0.2, 0) is 21.4 Å². The molecule has 0 radical (unpaired) electrons. The minimum atomic E-state index is -5.08. The summed E-state index contributed by atoms with van der Waals surface area (Å²) in [6.45, 7) is 3.88. The van der Waals surface area contributed by atoms with Gasteiger partial charge in [0.15, 0.2) is 0 Å². The number of fused-ring (bicyclic) bond motifs is 1. The van der Waals surface area contributed by atoms with Crippen molar-refractivity contribution in [3.63, 3.8) is 0 Å². The fraction of sp³-hybridized carbons (Fsp3) is 0.450. The van der Waals surface area contributed by atoms with Crippen LogP contribution in [0.1, 0.15) is 18.4 Å². The van der Waals surface area contributed by atoms with E-state index in [-0.39, 0.29) is 10.3 Å². The number of hydrogen-bond acceptors (Lipinski definition) is 6. The Hall–Kier alpha value is -2.15. The summed E-state index contributed by atoms with van der Waals surface area (Å²) in [5.74, 6) is -2.30. The predicted molar refractivity (Wildman–Crippen MR) is 112 cm³/mol. The molecule has 0 unspecified atom stereocenters. The van der Waals surface area contributed by atoms with Gasteiger partial charge < -0.3 is 9.84 Å². The minimum Gasteiger partial charge on any atom is -0.492 e. The van der Waals surface area contributed by atoms with Crippen molar-refractivity contribution in [1.82, 2.24) is 9.62 Å². The smallest absolute Gasteiger partial charge is 0.490 e. The Morgan fingerprint density at radius 1 is 1.22 bits per heavy atom. The number of halogens is 3. The third-order valence-electron chi connectivity index (χ3n) is 5.46. The van der Waals surface area contributed by atoms with Gasteiger partial charge in [0, 0.05) is 18.5 Å². The molecule has 1 spiro atoms. The predicted octanol–water partition coefficient (Wildman–Crippen LogP) is 3.33. The standard InChI is InChI=1S/C18H22N2O3S2.C2HF3O2/c21-25(22)17-4-2-1-3-16(17)23-14-18(13-19-25)6-8-20(9-7-18)11-15-5-10-24-12-15;3-2(4,5)1(6)7/h1-5,10,12,19H,6-9,11,13-14H2;(H,6,7). The first-order valence-corrected chi connectivity index (χ1v) is 12.2. The van der Waals surface area contributed by atoms with E-state index in [2.05, 4.69) is 26.4 Å². The number of aliphatic carboxylic acids is 1. The van der Waals surface area contributed by atoms with Gasteiger partial charge in [-0.2, -0.15) is 24.5 Å². The first kappa shape index (κ1) is 24.5. The largest absolute Gasteiger partial charge is 0.492 e. The van der Waals surface area contributed by atoms with Crippen molar-refractivity contribution in [3.8, 4) is 5.75 Å². The number of nitrogens with zero attached hydrogens (tertiary/aromatic N) is 1. The number of carboxylic acid groups (broad SMARTS) is 1. The summed E-state index contributed by atoms with van der Waals surface area (Å²) in [4.78, 5) is 11.6. The molecule has 2 aliphatic rings. The maximum Gasteiger partial charge on any atom is 0.490 e. The molecule has 7 nitrogen and oxygen atoms in total. The highest BCUT2D eigenvalue weighted by atomic mass is 32.2. The van der Waals surface area contributed by atoms with Gasteiger partial charge in [-0.15, -0.1) is 0 Å². The second kappa shape index (κ2) is 9.77. The van der Waals surface area contributed by atoms with Crippen molar-refractivity contribution in [2.45, 2.75) is 30.5 Å². The van der Waals surface area contributed by atoms with E-state index >= 15 is 0 Å². The van der Waals surface area contributed by atoms with E-state index < -0.39 is 22.2 Å². The van der Waals surface area contributed by atoms with Crippen LogP contribution in [0.2, 0.25) is 0 Å². The number of carbonyl (C=O) groups is 1. The second-order valence-corrected chi connectivity index (χ2v) is 10.3. The van der Waals surface area contributed by atoms with E-state index in [1.165, 1.54) is 5.56 Å². The zero-order valence-electron chi connectivity index (χ0n) is 17.0. The molecule has 32 heavy (non-hydrogen) atoms. The number of ether oxygens (including phenoxy) is 1. The molecule has 1 aromatic carbocycles. The van der Waals surface area contributed by atoms with Crippen LogP contribution in [0, 0.1) is 5.41 Å². The summed E-state index contributed by atoms with van der Waals surface area (Å²) >= 11 is 1.72. The van der Waals surface area contributed by atoms with E-state index in [4.69, 9.17) is 14.6 Å². The van der Waals surface area contributed by atoms with Crippen molar-refractivity contribution in [2.24, 2.45) is 5.41 Å². The Bertz CT molecular complexity index is 1020. The van der Waals surface area contributed by atoms with Crippen LogP contribution < -0.4 is 9.46 Å². The lowest BCUT2D eigenvalue weighted by Gasteiger charge is -2.42. The van der Waals surface area contributed by atoms with Crippen LogP contribution in [0.5, 0.6) is 5.75 Å². The van der Waals surface area contributed by atoms with E-state index in [1.807, 2.05) is 6.07 Å². The van der Waals surface area contributed by atoms with Crippen LogP contribution in [0.4, 0.5) is 13.2 Å². The zero-order chi connectivity index (χ0) is 23.4. The van der Waals surface area contributed by atoms with Gasteiger partial charge in [0.25, 0.3) is 0 Å². The van der Waals surface area contributed by atoms with Gasteiger partial charge in [0.1, 0.15) is 10.6 Å². The van der Waals surface area contributed by atoms with Gasteiger partial charge in [0.2, 0.25) is 10.0 Å². The molecule has 0 saturated carbocycles. The number of nitrogens with one attached hydrogen (secondary N) is 1. The lowest BCUT2D eigenvalue weighted by atomic mass is 9.79. The first-order chi connectivity index (χ1) is 15.0. The molecular formula is C20H23F3N2O5S2. The number of piperidine rings is 1. The maximum atomic E-state index is 12.5. The molecule has 1 aromatic heterocycles. The number of likely N-dealkylation sites (tertiary alicyclic amines) is 1. The molecule has 0 aliphatic carbocycles. The lowest BCUT2D eigenvalue weighted by Crippen LogP contribution is -2.49. The van der Waals surface area contributed by atoms with Gasteiger partial charge in [0.05, 0.1) is 6.61 Å². The molecule has 2 N–H and O–H groups in total. The number of hydrogen-bond donors (Lipinski definition) is 2. The molecule has 3 heterocycles. The number of carboxylic acids is 1. The Kier molecular flexibility index (Phi) is 7.48. The molecule has 1 fully saturated rings. The number of alkyl halides is 3. The third kappa shape index (κ3) is 6.21. The SMILES string of the molecule is O=C(O)C(F)(F)F.O=S1(=O)NCC2(CCN(Cc3ccsc3)CC2)COc2ccccc21. The summed E-state index contributed by atoms with van der Waals surface area (Å²) in [5, 5.41) is 11.4. The molecule has 2 aliphatic heterocycles. The number of rotatable bonds is 2. The Labute approximate surface area is 187 Å². The average molecular weight is 493 g/mol. The summed E-state index contributed by atoms with van der Waals surface area (Å²) in [6.07, 6.45) is -3.22. The number of thiophene rings is 1. The summed E-state index contributed by atoms with van der Waals surface area (Å²) < 4.78 is 65.6. The van der Waals surface area contributed by atoms with Crippen molar-refractivity contribution in [2.75, 3.05) is 26.2 Å². The molecular weight excluding hydrogens is 469 g/mol. The monoisotopic (exact) mass is 492 g/mol. The number of benzene rings is 1. The van der Waals surface area contributed by atoms with Crippen LogP contribution in [-0.4, -0.2) is 56.8 Å². The topological polar surface area (TPSA) is 95.9 Å². The fourth-order valence-corrected chi connectivity index (χ4v) is 5.51. The first-order valence-electron chi connectivity index (χ1n) is 9.76. The fourth-order valence-electron chi connectivity index (χ4n) is 3.55. The molecule has 0 bridgehead atoms. The molecule has 2 aromatic rings. The normalized spacial score (nSPS) is 20.1. The van der Waals surface area contributed by atoms with Crippen molar-refractivity contribution in [3.05, 3.63) is 46.7 Å². The lowest BCUT2D eigenvalue weighted by molar-refractivity contribution is -0.192. The quantitative estimate of drug-likeness (QED) is 0.668. The van der Waals surface area contributed by atoms with Gasteiger partial charge in [-0.3, -0.25) is 4.90 Å². The molecule has 4 rings (SSSR count). The van der Waals surface area contributed by atoms with Crippen LogP contribution in [0.3, 0.4) is 0 Å². The molecule has 176 valence electrons. The Morgan fingerprint density at radius 2 is 1.88 bits per heavy atom. The average Bonchev–Trinajstić information content (AvgIpc) is 3.25. The van der Waals surface area contributed by atoms with Crippen LogP contribution in [0.25, 0.3) is 0 Å². The Balaban J connectivity index is 0.000000360. The summed E-state index contributed by atoms with van der Waals surface area (Å²) in [7, 11) is -3.52. The highest BCUT2D eigenvalue weighted by Crippen LogP contribution is 2.36. The maximum absolute atomic E-state index is 12.5. The Morgan fingerprint density at radius 3 is 2.47 bits per heavy atom. The van der Waals surface area contributed by atoms with Crippen molar-refractivity contribution < 1.29 is 36.2 Å². The zero-order valence-corrected chi connectivity index (χ0v) is 18.6. The van der Waals surface area contributed by atoms with E-state index in [9.17, 15) is 21.6 Å². The highest BCUT2D eigenvalue weighted by Gasteiger charge is 2.39. The number of para-hydroxylation sites is 1. The van der Waals surface area contributed by atoms with E-state index in [0.717, 1.165) is 32.5 Å². The van der Waals surface area contributed by atoms with Crippen molar-refractivity contribution >= 4 is 27.3 Å². The molecule has 1 saturated heterocycles. The van der Waals surface area contributed by atoms with Crippen LogP contribution in [0.15, 0.2) is 46.0 Å². The van der Waals surface area contributed by atoms with Crippen molar-refractivity contribution in [1.29, 1.82) is 0 Å². The summed E-state index contributed by atoms with van der Waals surface area (Å²) in [5.41, 5.74) is 1.22. The molecule has 0 atom stereocenters. The van der Waals surface area contributed by atoms with Gasteiger partial charge in [-0.1, -0.05) is 12.1 Å². The van der Waals surface area contributed by atoms with E-state index in [1.54, 1.807) is 29.5 Å². The second-order valence-electron chi connectivity index (χ2n) is 7.77. The number of sulfonamides is 1. The third-order valence-corrected chi connectivity index (χ3v) is 7.63. The van der Waals surface area contributed by atoms with Crippen LogP contribution >= 0.6 is 11.3 Å².